The van der Waals surface area contributed by atoms with Crippen LogP contribution in [0.15, 0.2) is 150 Å². The van der Waals surface area contributed by atoms with Crippen LogP contribution in [0, 0.1) is 6.92 Å². The SMILES string of the molecule is C=C(C)C(=O)OCCCCCCOc1ccc(COc2ccc(CNc3ccc(N=Nc4ccc(C(=O)Oc5ccc(CCCCC)cc5)cc4C)c4ccccc34)cc2)cc1. The van der Waals surface area contributed by atoms with E-state index in [0.717, 1.165) is 88.9 Å². The molecule has 0 fully saturated rings. The first-order valence-corrected chi connectivity index (χ1v) is 21.6. The predicted octanol–water partition coefficient (Wildman–Crippen LogP) is 13.8. The zero-order valence-electron chi connectivity index (χ0n) is 36.2. The summed E-state index contributed by atoms with van der Waals surface area (Å²) in [7, 11) is 0. The lowest BCUT2D eigenvalue weighted by atomic mass is 10.1. The molecule has 6 aromatic carbocycles. The van der Waals surface area contributed by atoms with Gasteiger partial charge in [-0.3, -0.25) is 0 Å². The summed E-state index contributed by atoms with van der Waals surface area (Å²) in [5.41, 5.74) is 7.57. The fourth-order valence-electron chi connectivity index (χ4n) is 6.78. The van der Waals surface area contributed by atoms with Gasteiger partial charge < -0.3 is 24.3 Å². The maximum atomic E-state index is 12.9. The van der Waals surface area contributed by atoms with Crippen molar-refractivity contribution in [1.82, 2.24) is 0 Å². The molecule has 0 aliphatic heterocycles. The molecule has 0 heterocycles. The third kappa shape index (κ3) is 13.6. The molecule has 0 aliphatic rings. The molecule has 9 heteroatoms. The molecule has 0 aromatic heterocycles. The van der Waals surface area contributed by atoms with Crippen LogP contribution in [0.25, 0.3) is 10.8 Å². The predicted molar refractivity (Wildman–Crippen MR) is 248 cm³/mol. The highest BCUT2D eigenvalue weighted by Gasteiger charge is 2.12. The van der Waals surface area contributed by atoms with Crippen LogP contribution >= 0.6 is 0 Å². The zero-order chi connectivity index (χ0) is 43.5. The number of azo groups is 1. The van der Waals surface area contributed by atoms with Crippen molar-refractivity contribution in [3.8, 4) is 17.2 Å². The van der Waals surface area contributed by atoms with Crippen molar-refractivity contribution in [3.05, 3.63) is 167 Å². The molecule has 320 valence electrons. The highest BCUT2D eigenvalue weighted by molar-refractivity contribution is 6.00. The van der Waals surface area contributed by atoms with E-state index in [1.165, 1.54) is 18.4 Å². The molecule has 0 unspecified atom stereocenters. The van der Waals surface area contributed by atoms with Gasteiger partial charge in [0, 0.05) is 28.6 Å². The maximum absolute atomic E-state index is 12.9. The van der Waals surface area contributed by atoms with Gasteiger partial charge in [0.15, 0.2) is 0 Å². The lowest BCUT2D eigenvalue weighted by Crippen LogP contribution is -2.08. The molecule has 0 spiro atoms. The first kappa shape index (κ1) is 44.8. The Labute approximate surface area is 365 Å². The van der Waals surface area contributed by atoms with Crippen molar-refractivity contribution >= 4 is 39.8 Å². The second-order valence-electron chi connectivity index (χ2n) is 15.5. The van der Waals surface area contributed by atoms with Crippen molar-refractivity contribution < 1.29 is 28.5 Å². The van der Waals surface area contributed by atoms with Gasteiger partial charge in [-0.1, -0.05) is 87.0 Å². The highest BCUT2D eigenvalue weighted by Crippen LogP contribution is 2.34. The second-order valence-corrected chi connectivity index (χ2v) is 15.5. The highest BCUT2D eigenvalue weighted by atomic mass is 16.5. The molecule has 0 saturated heterocycles. The number of hydrogen-bond donors (Lipinski definition) is 1. The Bertz CT molecular complexity index is 2420. The van der Waals surface area contributed by atoms with E-state index in [4.69, 9.17) is 18.9 Å². The molecule has 0 saturated carbocycles. The van der Waals surface area contributed by atoms with Gasteiger partial charge in [0.05, 0.1) is 30.2 Å². The van der Waals surface area contributed by atoms with E-state index in [2.05, 4.69) is 47.2 Å². The summed E-state index contributed by atoms with van der Waals surface area (Å²) >= 11 is 0. The molecule has 0 atom stereocenters. The minimum absolute atomic E-state index is 0.326. The monoisotopic (exact) mass is 831 g/mol. The number of nitrogens with zero attached hydrogens (tertiary/aromatic N) is 2. The number of ether oxygens (including phenoxy) is 4. The topological polar surface area (TPSA) is 108 Å². The molecule has 1 N–H and O–H groups in total. The van der Waals surface area contributed by atoms with Crippen molar-refractivity contribution in [1.29, 1.82) is 0 Å². The third-order valence-corrected chi connectivity index (χ3v) is 10.4. The van der Waals surface area contributed by atoms with Crippen LogP contribution in [0.4, 0.5) is 17.1 Å². The number of benzene rings is 6. The van der Waals surface area contributed by atoms with Gasteiger partial charge in [-0.2, -0.15) is 5.11 Å². The first-order chi connectivity index (χ1) is 30.2. The van der Waals surface area contributed by atoms with Crippen LogP contribution in [0.5, 0.6) is 17.2 Å². The van der Waals surface area contributed by atoms with Gasteiger partial charge in [-0.25, -0.2) is 9.59 Å². The summed E-state index contributed by atoms with van der Waals surface area (Å²) in [5.74, 6) is 1.43. The molecule has 0 aliphatic carbocycles. The van der Waals surface area contributed by atoms with Gasteiger partial charge in [0.2, 0.25) is 0 Å². The summed E-state index contributed by atoms with van der Waals surface area (Å²) in [6, 6.07) is 41.3. The van der Waals surface area contributed by atoms with E-state index < -0.39 is 5.97 Å². The summed E-state index contributed by atoms with van der Waals surface area (Å²) in [6.07, 6.45) is 8.37. The number of nitrogens with one attached hydrogen (secondary N) is 1. The quantitative estimate of drug-likeness (QED) is 0.0225. The van der Waals surface area contributed by atoms with Crippen LogP contribution in [0.3, 0.4) is 0 Å². The Kier molecular flexibility index (Phi) is 16.8. The normalized spacial score (nSPS) is 11.1. The average molecular weight is 832 g/mol. The minimum atomic E-state index is -0.406. The van der Waals surface area contributed by atoms with E-state index in [9.17, 15) is 9.59 Å². The minimum Gasteiger partial charge on any atom is -0.494 e. The van der Waals surface area contributed by atoms with Gasteiger partial charge in [-0.05, 0) is 141 Å². The summed E-state index contributed by atoms with van der Waals surface area (Å²) in [6.45, 7) is 11.5. The van der Waals surface area contributed by atoms with Gasteiger partial charge in [-0.15, -0.1) is 5.11 Å². The lowest BCUT2D eigenvalue weighted by molar-refractivity contribution is -0.139. The third-order valence-electron chi connectivity index (χ3n) is 10.4. The number of fused-ring (bicyclic) bond motifs is 1. The van der Waals surface area contributed by atoms with Gasteiger partial charge in [0.25, 0.3) is 0 Å². The number of carbonyl (C=O) groups excluding carboxylic acids is 2. The molecule has 62 heavy (non-hydrogen) atoms. The molecule has 6 rings (SSSR count). The van der Waals surface area contributed by atoms with Gasteiger partial charge >= 0.3 is 11.9 Å². The Morgan fingerprint density at radius 3 is 1.97 bits per heavy atom. The standard InChI is InChI=1S/C53H57N3O6/c1-5-6-9-14-40-17-28-46(29-18-40)62-53(58)43-23-30-49(39(4)35-43)55-56-51-32-31-50(47-15-10-11-16-48(47)51)54-36-41-19-24-45(25-20-41)61-37-42-21-26-44(27-22-42)59-33-12-7-8-13-34-60-52(57)38(2)3/h10-11,15-32,35,54H,2,5-9,12-14,33-34,36-37H2,1,3-4H3. The van der Waals surface area contributed by atoms with Crippen molar-refractivity contribution in [3.63, 3.8) is 0 Å². The molecule has 6 aromatic rings. The van der Waals surface area contributed by atoms with Crippen LogP contribution in [-0.4, -0.2) is 25.2 Å². The van der Waals surface area contributed by atoms with Crippen molar-refractivity contribution in [2.24, 2.45) is 10.2 Å². The number of rotatable bonds is 23. The van der Waals surface area contributed by atoms with Crippen LogP contribution in [0.1, 0.15) is 91.4 Å². The molecular formula is C53H57N3O6. The fraction of sp³-hybridized carbons (Fsp3) is 0.283. The number of carbonyl (C=O) groups is 2. The second kappa shape index (κ2) is 23.3. The van der Waals surface area contributed by atoms with Crippen LogP contribution in [-0.2, 0) is 29.1 Å². The maximum Gasteiger partial charge on any atom is 0.343 e. The van der Waals surface area contributed by atoms with E-state index in [0.29, 0.717) is 48.9 Å². The summed E-state index contributed by atoms with van der Waals surface area (Å²) in [5, 5.41) is 14.8. The molecule has 0 radical (unpaired) electrons. The smallest absolute Gasteiger partial charge is 0.343 e. The van der Waals surface area contributed by atoms with E-state index in [1.54, 1.807) is 25.1 Å². The number of hydrogen-bond acceptors (Lipinski definition) is 9. The largest absolute Gasteiger partial charge is 0.494 e. The number of unbranched alkanes of at least 4 members (excludes halogenated alkanes) is 5. The lowest BCUT2D eigenvalue weighted by Gasteiger charge is -2.12. The number of esters is 2. The zero-order valence-corrected chi connectivity index (χ0v) is 36.2. The summed E-state index contributed by atoms with van der Waals surface area (Å²) in [4.78, 5) is 24.4. The molecule has 0 amide bonds. The van der Waals surface area contributed by atoms with E-state index >= 15 is 0 Å². The Morgan fingerprint density at radius 2 is 1.26 bits per heavy atom. The molecular weight excluding hydrogens is 775 g/mol. The first-order valence-electron chi connectivity index (χ1n) is 21.6. The van der Waals surface area contributed by atoms with Crippen LogP contribution < -0.4 is 19.5 Å². The summed E-state index contributed by atoms with van der Waals surface area (Å²) < 4.78 is 22.8. The Hall–Kier alpha value is -6.74. The van der Waals surface area contributed by atoms with Crippen molar-refractivity contribution in [2.45, 2.75) is 85.3 Å². The average Bonchev–Trinajstić information content (AvgIpc) is 3.29. The van der Waals surface area contributed by atoms with Crippen LogP contribution in [0.2, 0.25) is 0 Å². The Balaban J connectivity index is 0.948. The molecule has 9 nitrogen and oxygen atoms in total. The fourth-order valence-corrected chi connectivity index (χ4v) is 6.78. The number of anilines is 1. The van der Waals surface area contributed by atoms with Crippen molar-refractivity contribution in [2.75, 3.05) is 18.5 Å². The van der Waals surface area contributed by atoms with Gasteiger partial charge in [0.1, 0.15) is 23.9 Å². The molecule has 0 bridgehead atoms. The number of aryl methyl sites for hydroxylation is 2. The van der Waals surface area contributed by atoms with E-state index in [-0.39, 0.29) is 5.97 Å². The Morgan fingerprint density at radius 1 is 0.629 bits per heavy atom. The van der Waals surface area contributed by atoms with E-state index in [1.807, 2.05) is 97.9 Å².